The van der Waals surface area contributed by atoms with Gasteiger partial charge >= 0.3 is 0 Å². The number of aromatic nitrogens is 4. The van der Waals surface area contributed by atoms with Crippen LogP contribution in [0.1, 0.15) is 34.5 Å². The van der Waals surface area contributed by atoms with Crippen molar-refractivity contribution in [3.63, 3.8) is 0 Å². The van der Waals surface area contributed by atoms with Crippen molar-refractivity contribution in [2.24, 2.45) is 0 Å². The summed E-state index contributed by atoms with van der Waals surface area (Å²) in [5, 5.41) is 10.3. The van der Waals surface area contributed by atoms with Gasteiger partial charge in [-0.25, -0.2) is 4.98 Å². The van der Waals surface area contributed by atoms with E-state index in [1.165, 1.54) is 6.33 Å². The van der Waals surface area contributed by atoms with Gasteiger partial charge in [-0.15, -0.1) is 21.5 Å². The van der Waals surface area contributed by atoms with Crippen molar-refractivity contribution >= 4 is 11.3 Å². The third-order valence-corrected chi connectivity index (χ3v) is 4.37. The third kappa shape index (κ3) is 3.10. The first kappa shape index (κ1) is 13.4. The number of nitrogens with one attached hydrogen (secondary N) is 1. The van der Waals surface area contributed by atoms with Crippen LogP contribution < -0.4 is 5.56 Å². The summed E-state index contributed by atoms with van der Waals surface area (Å²) in [6.45, 7) is 4.80. The highest BCUT2D eigenvalue weighted by Gasteiger charge is 2.23. The Hall–Kier alpha value is -1.60. The predicted octanol–water partition coefficient (Wildman–Crippen LogP) is 1.31. The highest BCUT2D eigenvalue weighted by Crippen LogP contribution is 2.26. The quantitative estimate of drug-likeness (QED) is 0.923. The second-order valence-electron chi connectivity index (χ2n) is 5.13. The van der Waals surface area contributed by atoms with Crippen LogP contribution in [0.5, 0.6) is 0 Å². The molecule has 0 bridgehead atoms. The molecule has 3 rings (SSSR count). The highest BCUT2D eigenvalue weighted by atomic mass is 32.1. The van der Waals surface area contributed by atoms with Crippen LogP contribution in [-0.2, 0) is 6.54 Å². The van der Waals surface area contributed by atoms with E-state index in [4.69, 9.17) is 0 Å². The predicted molar refractivity (Wildman–Crippen MR) is 76.8 cm³/mol. The van der Waals surface area contributed by atoms with Gasteiger partial charge < -0.3 is 4.98 Å². The van der Waals surface area contributed by atoms with Gasteiger partial charge in [0.15, 0.2) is 0 Å². The van der Waals surface area contributed by atoms with Crippen LogP contribution in [0, 0.1) is 6.92 Å². The molecule has 1 saturated heterocycles. The zero-order valence-corrected chi connectivity index (χ0v) is 12.2. The second-order valence-corrected chi connectivity index (χ2v) is 6.39. The summed E-state index contributed by atoms with van der Waals surface area (Å²) in [5.74, 6) is 0.333. The van der Waals surface area contributed by atoms with Crippen LogP contribution in [0.2, 0.25) is 0 Å². The number of nitrogens with zero attached hydrogens (tertiary/aromatic N) is 4. The summed E-state index contributed by atoms with van der Waals surface area (Å²) in [4.78, 5) is 20.6. The summed E-state index contributed by atoms with van der Waals surface area (Å²) in [7, 11) is 0. The number of likely N-dealkylation sites (tertiary alicyclic amines) is 1. The lowest BCUT2D eigenvalue weighted by molar-refractivity contribution is 0.198. The van der Waals surface area contributed by atoms with E-state index in [2.05, 4.69) is 25.1 Å². The Balaban J connectivity index is 1.68. The van der Waals surface area contributed by atoms with E-state index in [0.717, 1.165) is 48.2 Å². The van der Waals surface area contributed by atoms with Gasteiger partial charge in [0.1, 0.15) is 10.0 Å². The first-order valence-corrected chi connectivity index (χ1v) is 7.58. The molecule has 20 heavy (non-hydrogen) atoms. The van der Waals surface area contributed by atoms with Crippen molar-refractivity contribution < 1.29 is 0 Å². The van der Waals surface area contributed by atoms with Gasteiger partial charge in [0, 0.05) is 18.5 Å². The van der Waals surface area contributed by atoms with Crippen molar-refractivity contribution in [3.8, 4) is 0 Å². The van der Waals surface area contributed by atoms with Crippen LogP contribution >= 0.6 is 11.3 Å². The molecule has 0 saturated carbocycles. The normalized spacial score (nSPS) is 20.1. The van der Waals surface area contributed by atoms with E-state index in [0.29, 0.717) is 5.92 Å². The summed E-state index contributed by atoms with van der Waals surface area (Å²) in [6, 6.07) is 1.61. The maximum absolute atomic E-state index is 11.4. The number of aryl methyl sites for hydroxylation is 1. The molecule has 1 atom stereocenters. The van der Waals surface area contributed by atoms with Crippen LogP contribution in [0.15, 0.2) is 17.2 Å². The summed E-state index contributed by atoms with van der Waals surface area (Å²) in [5.41, 5.74) is 0.818. The fraction of sp³-hybridized carbons (Fsp3) is 0.538. The minimum Gasteiger partial charge on any atom is -0.313 e. The molecule has 0 radical (unpaired) electrons. The SMILES string of the molecule is Cc1nnc(CN2CCC[C@H](c3cc(=O)[nH]cn3)C2)s1. The van der Waals surface area contributed by atoms with Gasteiger partial charge in [0.25, 0.3) is 5.56 Å². The first-order chi connectivity index (χ1) is 9.70. The van der Waals surface area contributed by atoms with Crippen LogP contribution in [0.4, 0.5) is 0 Å². The Kier molecular flexibility index (Phi) is 3.88. The molecule has 0 aliphatic carbocycles. The Bertz CT molecular complexity index is 637. The molecule has 0 aromatic carbocycles. The number of hydrogen-bond acceptors (Lipinski definition) is 6. The molecule has 106 valence electrons. The molecular formula is C13H17N5OS. The Morgan fingerprint density at radius 3 is 3.15 bits per heavy atom. The Morgan fingerprint density at radius 2 is 2.40 bits per heavy atom. The molecule has 0 unspecified atom stereocenters. The topological polar surface area (TPSA) is 74.8 Å². The standard InChI is InChI=1S/C13H17N5OS/c1-9-16-17-13(20-9)7-18-4-2-3-10(6-18)11-5-12(19)15-8-14-11/h5,8,10H,2-4,6-7H2,1H3,(H,14,15,19)/t10-/m0/s1. The van der Waals surface area contributed by atoms with Crippen LogP contribution in [-0.4, -0.2) is 38.2 Å². The number of aromatic amines is 1. The molecular weight excluding hydrogens is 274 g/mol. The summed E-state index contributed by atoms with van der Waals surface area (Å²) < 4.78 is 0. The zero-order valence-electron chi connectivity index (χ0n) is 11.4. The molecule has 3 heterocycles. The number of piperidine rings is 1. The Labute approximate surface area is 120 Å². The molecule has 0 spiro atoms. The lowest BCUT2D eigenvalue weighted by Crippen LogP contribution is -2.34. The molecule has 2 aromatic rings. The molecule has 7 heteroatoms. The van der Waals surface area contributed by atoms with Crippen molar-refractivity contribution in [3.05, 3.63) is 38.5 Å². The van der Waals surface area contributed by atoms with E-state index >= 15 is 0 Å². The van der Waals surface area contributed by atoms with E-state index < -0.39 is 0 Å². The van der Waals surface area contributed by atoms with Gasteiger partial charge in [0.2, 0.25) is 0 Å². The van der Waals surface area contributed by atoms with E-state index in [-0.39, 0.29) is 5.56 Å². The molecule has 1 fully saturated rings. The second kappa shape index (κ2) is 5.80. The Morgan fingerprint density at radius 1 is 1.50 bits per heavy atom. The van der Waals surface area contributed by atoms with Gasteiger partial charge in [-0.3, -0.25) is 9.69 Å². The van der Waals surface area contributed by atoms with E-state index in [1.807, 2.05) is 6.92 Å². The lowest BCUT2D eigenvalue weighted by atomic mass is 9.94. The van der Waals surface area contributed by atoms with E-state index in [1.54, 1.807) is 17.4 Å². The van der Waals surface area contributed by atoms with Gasteiger partial charge in [-0.1, -0.05) is 0 Å². The average Bonchev–Trinajstić information content (AvgIpc) is 2.84. The van der Waals surface area contributed by atoms with Crippen LogP contribution in [0.25, 0.3) is 0 Å². The minimum atomic E-state index is -0.0770. The average molecular weight is 291 g/mol. The van der Waals surface area contributed by atoms with Crippen LogP contribution in [0.3, 0.4) is 0 Å². The third-order valence-electron chi connectivity index (χ3n) is 3.55. The summed E-state index contributed by atoms with van der Waals surface area (Å²) in [6.07, 6.45) is 3.70. The lowest BCUT2D eigenvalue weighted by Gasteiger charge is -2.31. The van der Waals surface area contributed by atoms with Crippen molar-refractivity contribution in [2.45, 2.75) is 32.2 Å². The van der Waals surface area contributed by atoms with Crippen molar-refractivity contribution in [1.29, 1.82) is 0 Å². The maximum atomic E-state index is 11.4. The molecule has 1 aliphatic rings. The van der Waals surface area contributed by atoms with Gasteiger partial charge in [0.05, 0.1) is 18.6 Å². The molecule has 1 aliphatic heterocycles. The number of hydrogen-bond donors (Lipinski definition) is 1. The maximum Gasteiger partial charge on any atom is 0.250 e. The first-order valence-electron chi connectivity index (χ1n) is 6.76. The molecule has 6 nitrogen and oxygen atoms in total. The minimum absolute atomic E-state index is 0.0770. The van der Waals surface area contributed by atoms with Gasteiger partial charge in [-0.05, 0) is 26.3 Å². The highest BCUT2D eigenvalue weighted by molar-refractivity contribution is 7.11. The molecule has 2 aromatic heterocycles. The van der Waals surface area contributed by atoms with Crippen molar-refractivity contribution in [1.82, 2.24) is 25.1 Å². The number of rotatable bonds is 3. The smallest absolute Gasteiger partial charge is 0.250 e. The van der Waals surface area contributed by atoms with E-state index in [9.17, 15) is 4.79 Å². The zero-order chi connectivity index (χ0) is 13.9. The molecule has 0 amide bonds. The van der Waals surface area contributed by atoms with Gasteiger partial charge in [-0.2, -0.15) is 0 Å². The largest absolute Gasteiger partial charge is 0.313 e. The fourth-order valence-electron chi connectivity index (χ4n) is 2.64. The summed E-state index contributed by atoms with van der Waals surface area (Å²) >= 11 is 1.65. The van der Waals surface area contributed by atoms with Crippen molar-refractivity contribution in [2.75, 3.05) is 13.1 Å². The fourth-order valence-corrected chi connectivity index (χ4v) is 3.39. The molecule has 1 N–H and O–H groups in total. The number of H-pyrrole nitrogens is 1. The monoisotopic (exact) mass is 291 g/mol.